The molecule has 1 aliphatic heterocycles. The highest BCUT2D eigenvalue weighted by Crippen LogP contribution is 2.19. The summed E-state index contributed by atoms with van der Waals surface area (Å²) in [7, 11) is 1.59. The molecule has 1 amide bonds. The van der Waals surface area contributed by atoms with Crippen LogP contribution >= 0.6 is 0 Å². The summed E-state index contributed by atoms with van der Waals surface area (Å²) in [6, 6.07) is 6.99. The van der Waals surface area contributed by atoms with Gasteiger partial charge in [-0.2, -0.15) is 0 Å². The van der Waals surface area contributed by atoms with Crippen LogP contribution in [0.3, 0.4) is 0 Å². The molecule has 6 heteroatoms. The molecule has 0 radical (unpaired) electrons. The van der Waals surface area contributed by atoms with Crippen molar-refractivity contribution in [2.45, 2.75) is 18.4 Å². The third-order valence-corrected chi connectivity index (χ3v) is 3.47. The van der Waals surface area contributed by atoms with Gasteiger partial charge in [0.05, 0.1) is 12.7 Å². The molecule has 21 heavy (non-hydrogen) atoms. The highest BCUT2D eigenvalue weighted by Gasteiger charge is 2.30. The predicted molar refractivity (Wildman–Crippen MR) is 76.5 cm³/mol. The number of ether oxygens (including phenoxy) is 3. The van der Waals surface area contributed by atoms with Crippen LogP contribution in [0.5, 0.6) is 11.5 Å². The zero-order valence-corrected chi connectivity index (χ0v) is 12.1. The van der Waals surface area contributed by atoms with Crippen LogP contribution in [0.25, 0.3) is 0 Å². The topological polar surface area (TPSA) is 77.0 Å². The van der Waals surface area contributed by atoms with Crippen molar-refractivity contribution in [2.24, 2.45) is 0 Å². The summed E-state index contributed by atoms with van der Waals surface area (Å²) in [5.74, 6) is 1.06. The van der Waals surface area contributed by atoms with Gasteiger partial charge in [0.25, 0.3) is 5.91 Å². The van der Waals surface area contributed by atoms with Gasteiger partial charge in [-0.1, -0.05) is 0 Å². The van der Waals surface area contributed by atoms with Crippen molar-refractivity contribution in [2.75, 3.05) is 33.5 Å². The minimum absolute atomic E-state index is 0.0844. The van der Waals surface area contributed by atoms with E-state index in [1.807, 2.05) is 0 Å². The lowest BCUT2D eigenvalue weighted by atomic mass is 9.94. The van der Waals surface area contributed by atoms with Crippen molar-refractivity contribution in [1.29, 1.82) is 0 Å². The fourth-order valence-corrected chi connectivity index (χ4v) is 2.06. The molecular formula is C15H21NO5. The van der Waals surface area contributed by atoms with Gasteiger partial charge in [0.15, 0.2) is 6.61 Å². The number of methoxy groups -OCH3 is 1. The second-order valence-corrected chi connectivity index (χ2v) is 5.08. The molecule has 6 nitrogen and oxygen atoms in total. The molecule has 1 heterocycles. The van der Waals surface area contributed by atoms with E-state index in [2.05, 4.69) is 5.32 Å². The van der Waals surface area contributed by atoms with Gasteiger partial charge in [-0.05, 0) is 24.3 Å². The van der Waals surface area contributed by atoms with Crippen molar-refractivity contribution < 1.29 is 24.1 Å². The van der Waals surface area contributed by atoms with Crippen LogP contribution in [0.1, 0.15) is 12.8 Å². The Morgan fingerprint density at radius 2 is 1.90 bits per heavy atom. The molecule has 1 fully saturated rings. The fourth-order valence-electron chi connectivity index (χ4n) is 2.06. The van der Waals surface area contributed by atoms with E-state index in [9.17, 15) is 9.90 Å². The molecule has 0 unspecified atom stereocenters. The number of carbonyl (C=O) groups excluding carboxylic acids is 1. The molecule has 0 spiro atoms. The molecule has 0 aromatic heterocycles. The van der Waals surface area contributed by atoms with Crippen LogP contribution in [0.2, 0.25) is 0 Å². The number of aliphatic hydroxyl groups is 1. The summed E-state index contributed by atoms with van der Waals surface area (Å²) in [6.07, 6.45) is 1.07. The van der Waals surface area contributed by atoms with Crippen molar-refractivity contribution in [3.05, 3.63) is 24.3 Å². The summed E-state index contributed by atoms with van der Waals surface area (Å²) in [6.45, 7) is 1.18. The monoisotopic (exact) mass is 295 g/mol. The molecule has 0 atom stereocenters. The zero-order chi connectivity index (χ0) is 15.1. The van der Waals surface area contributed by atoms with E-state index in [1.165, 1.54) is 0 Å². The van der Waals surface area contributed by atoms with Gasteiger partial charge < -0.3 is 24.6 Å². The third kappa shape index (κ3) is 4.91. The molecule has 2 rings (SSSR count). The summed E-state index contributed by atoms with van der Waals surface area (Å²) in [4.78, 5) is 11.7. The van der Waals surface area contributed by atoms with Crippen molar-refractivity contribution in [1.82, 2.24) is 5.32 Å². The van der Waals surface area contributed by atoms with Gasteiger partial charge in [-0.3, -0.25) is 4.79 Å². The molecule has 1 aliphatic rings. The lowest BCUT2D eigenvalue weighted by molar-refractivity contribution is -0.125. The lowest BCUT2D eigenvalue weighted by Crippen LogP contribution is -2.47. The Hall–Kier alpha value is -1.79. The Labute approximate surface area is 124 Å². The first-order valence-electron chi connectivity index (χ1n) is 6.95. The lowest BCUT2D eigenvalue weighted by Gasteiger charge is -2.32. The highest BCUT2D eigenvalue weighted by molar-refractivity contribution is 5.77. The molecule has 0 saturated carbocycles. The quantitative estimate of drug-likeness (QED) is 0.809. The minimum Gasteiger partial charge on any atom is -0.497 e. The Morgan fingerprint density at radius 1 is 1.29 bits per heavy atom. The van der Waals surface area contributed by atoms with Crippen LogP contribution in [-0.4, -0.2) is 50.1 Å². The highest BCUT2D eigenvalue weighted by atomic mass is 16.5. The van der Waals surface area contributed by atoms with E-state index in [0.717, 1.165) is 5.75 Å². The molecular weight excluding hydrogens is 274 g/mol. The number of benzene rings is 1. The van der Waals surface area contributed by atoms with Gasteiger partial charge in [-0.25, -0.2) is 0 Å². The number of carbonyl (C=O) groups is 1. The molecule has 1 saturated heterocycles. The molecule has 116 valence electrons. The molecule has 1 aromatic rings. The summed E-state index contributed by atoms with van der Waals surface area (Å²) in [5.41, 5.74) is -0.867. The second-order valence-electron chi connectivity index (χ2n) is 5.08. The summed E-state index contributed by atoms with van der Waals surface area (Å²) in [5, 5.41) is 12.9. The van der Waals surface area contributed by atoms with Gasteiger partial charge in [0.1, 0.15) is 11.5 Å². The molecule has 1 aromatic carbocycles. The fraction of sp³-hybridized carbons (Fsp3) is 0.533. The maximum absolute atomic E-state index is 11.7. The maximum atomic E-state index is 11.7. The van der Waals surface area contributed by atoms with Crippen molar-refractivity contribution in [3.63, 3.8) is 0 Å². The van der Waals surface area contributed by atoms with Crippen molar-refractivity contribution in [3.8, 4) is 11.5 Å². The molecule has 0 bridgehead atoms. The Kier molecular flexibility index (Phi) is 5.41. The Balaban J connectivity index is 1.71. The van der Waals surface area contributed by atoms with E-state index < -0.39 is 5.60 Å². The summed E-state index contributed by atoms with van der Waals surface area (Å²) >= 11 is 0. The number of hydrogen-bond acceptors (Lipinski definition) is 5. The smallest absolute Gasteiger partial charge is 0.258 e. The van der Waals surface area contributed by atoms with Crippen LogP contribution in [0, 0.1) is 0 Å². The Bertz CT molecular complexity index is 454. The van der Waals surface area contributed by atoms with E-state index in [0.29, 0.717) is 31.8 Å². The van der Waals surface area contributed by atoms with E-state index in [1.54, 1.807) is 31.4 Å². The van der Waals surface area contributed by atoms with Gasteiger partial charge in [0, 0.05) is 32.6 Å². The molecule has 0 aliphatic carbocycles. The van der Waals surface area contributed by atoms with Crippen molar-refractivity contribution >= 4 is 5.91 Å². The predicted octanol–water partition coefficient (Wildman–Crippen LogP) is 0.732. The minimum atomic E-state index is -0.867. The average molecular weight is 295 g/mol. The second kappa shape index (κ2) is 7.28. The summed E-state index contributed by atoms with van der Waals surface area (Å²) < 4.78 is 15.6. The van der Waals surface area contributed by atoms with E-state index in [-0.39, 0.29) is 19.1 Å². The number of rotatable bonds is 6. The Morgan fingerprint density at radius 3 is 2.52 bits per heavy atom. The van der Waals surface area contributed by atoms with Gasteiger partial charge in [0.2, 0.25) is 0 Å². The van der Waals surface area contributed by atoms with Crippen LogP contribution < -0.4 is 14.8 Å². The van der Waals surface area contributed by atoms with Crippen LogP contribution in [0.4, 0.5) is 0 Å². The number of hydrogen-bond donors (Lipinski definition) is 2. The van der Waals surface area contributed by atoms with Gasteiger partial charge in [-0.15, -0.1) is 0 Å². The first-order valence-corrected chi connectivity index (χ1v) is 6.95. The van der Waals surface area contributed by atoms with Gasteiger partial charge >= 0.3 is 0 Å². The van der Waals surface area contributed by atoms with Crippen LogP contribution in [-0.2, 0) is 9.53 Å². The number of nitrogens with one attached hydrogen (secondary N) is 1. The van der Waals surface area contributed by atoms with E-state index in [4.69, 9.17) is 14.2 Å². The average Bonchev–Trinajstić information content (AvgIpc) is 2.52. The number of amides is 1. The zero-order valence-electron chi connectivity index (χ0n) is 12.1. The normalized spacial score (nSPS) is 17.0. The first-order chi connectivity index (χ1) is 10.1. The first kappa shape index (κ1) is 15.6. The SMILES string of the molecule is COc1ccc(OCC(=O)NCC2(O)CCOCC2)cc1. The molecule has 2 N–H and O–H groups in total. The standard InChI is InChI=1S/C15H21NO5/c1-19-12-2-4-13(5-3-12)21-10-14(17)16-11-15(18)6-8-20-9-7-15/h2-5,18H,6-11H2,1H3,(H,16,17). The largest absolute Gasteiger partial charge is 0.497 e. The van der Waals surface area contributed by atoms with Crippen LogP contribution in [0.15, 0.2) is 24.3 Å². The van der Waals surface area contributed by atoms with E-state index >= 15 is 0 Å². The third-order valence-electron chi connectivity index (χ3n) is 3.47. The maximum Gasteiger partial charge on any atom is 0.258 e.